The molecule has 2 aromatic carbocycles. The maximum Gasteiger partial charge on any atom is 0.344 e. The number of carbonyl (C=O) groups excluding carboxylic acids is 4. The van der Waals surface area contributed by atoms with E-state index in [1.54, 1.807) is 30.3 Å². The number of carbonyl (C=O) groups is 4. The van der Waals surface area contributed by atoms with Crippen LogP contribution in [0.4, 0.5) is 5.69 Å². The lowest BCUT2D eigenvalue weighted by Crippen LogP contribution is -2.32. The molecule has 0 heterocycles. The zero-order chi connectivity index (χ0) is 22.3. The minimum absolute atomic E-state index is 0.134. The van der Waals surface area contributed by atoms with Crippen LogP contribution in [0.3, 0.4) is 0 Å². The van der Waals surface area contributed by atoms with E-state index in [1.807, 2.05) is 0 Å². The van der Waals surface area contributed by atoms with E-state index in [2.05, 4.69) is 5.32 Å². The molecule has 8 nitrogen and oxygen atoms in total. The number of ketones is 2. The minimum Gasteiger partial charge on any atom is -0.493 e. The summed E-state index contributed by atoms with van der Waals surface area (Å²) in [5.41, 5.74) is 1.14. The van der Waals surface area contributed by atoms with Crippen molar-refractivity contribution in [1.82, 2.24) is 0 Å². The Labute approximate surface area is 174 Å². The summed E-state index contributed by atoms with van der Waals surface area (Å²) >= 11 is 0. The Bertz CT molecular complexity index is 968. The lowest BCUT2D eigenvalue weighted by Gasteiger charge is -2.16. The second-order valence-corrected chi connectivity index (χ2v) is 6.43. The Morgan fingerprint density at radius 2 is 1.67 bits per heavy atom. The van der Waals surface area contributed by atoms with Crippen molar-refractivity contribution in [3.63, 3.8) is 0 Å². The molecule has 30 heavy (non-hydrogen) atoms. The van der Waals surface area contributed by atoms with Crippen molar-refractivity contribution in [3.05, 3.63) is 53.6 Å². The standard InChI is InChI=1S/C22H23NO7/c1-13(24)16-9-10-19(20(11-16)28-4)29-12-21(26)30-15(3)22(27)23-18-8-6-5-7-17(18)14(2)25/h5-11,15H,12H2,1-4H3,(H,23,27)/t15-/m0/s1. The lowest BCUT2D eigenvalue weighted by molar-refractivity contribution is -0.155. The average Bonchev–Trinajstić information content (AvgIpc) is 2.72. The smallest absolute Gasteiger partial charge is 0.344 e. The van der Waals surface area contributed by atoms with Gasteiger partial charge in [-0.05, 0) is 51.1 Å². The van der Waals surface area contributed by atoms with Gasteiger partial charge in [-0.25, -0.2) is 4.79 Å². The van der Waals surface area contributed by atoms with E-state index in [0.29, 0.717) is 22.6 Å². The molecule has 0 aliphatic heterocycles. The Hall–Kier alpha value is -3.68. The summed E-state index contributed by atoms with van der Waals surface area (Å²) in [6.45, 7) is 3.76. The van der Waals surface area contributed by atoms with Crippen LogP contribution in [0.25, 0.3) is 0 Å². The third kappa shape index (κ3) is 5.91. The summed E-state index contributed by atoms with van der Waals surface area (Å²) in [7, 11) is 1.41. The molecule has 8 heteroatoms. The van der Waals surface area contributed by atoms with Crippen LogP contribution in [-0.4, -0.2) is 43.3 Å². The van der Waals surface area contributed by atoms with Crippen LogP contribution < -0.4 is 14.8 Å². The number of para-hydroxylation sites is 1. The number of benzene rings is 2. The van der Waals surface area contributed by atoms with Crippen LogP contribution in [0.15, 0.2) is 42.5 Å². The molecule has 1 atom stereocenters. The topological polar surface area (TPSA) is 108 Å². The van der Waals surface area contributed by atoms with E-state index in [9.17, 15) is 19.2 Å². The van der Waals surface area contributed by atoms with Crippen molar-refractivity contribution in [2.45, 2.75) is 26.9 Å². The lowest BCUT2D eigenvalue weighted by atomic mass is 10.1. The van der Waals surface area contributed by atoms with Gasteiger partial charge in [0.25, 0.3) is 5.91 Å². The van der Waals surface area contributed by atoms with Gasteiger partial charge < -0.3 is 19.5 Å². The number of nitrogens with one attached hydrogen (secondary N) is 1. The molecule has 0 unspecified atom stereocenters. The normalized spacial score (nSPS) is 11.2. The second-order valence-electron chi connectivity index (χ2n) is 6.43. The number of ether oxygens (including phenoxy) is 3. The van der Waals surface area contributed by atoms with Gasteiger partial charge in [0.15, 0.2) is 35.8 Å². The largest absolute Gasteiger partial charge is 0.493 e. The van der Waals surface area contributed by atoms with Gasteiger partial charge >= 0.3 is 5.97 Å². The summed E-state index contributed by atoms with van der Waals surface area (Å²) in [4.78, 5) is 47.4. The predicted molar refractivity (Wildman–Crippen MR) is 109 cm³/mol. The molecule has 0 saturated heterocycles. The van der Waals surface area contributed by atoms with Crippen LogP contribution in [0.5, 0.6) is 11.5 Å². The van der Waals surface area contributed by atoms with E-state index in [-0.39, 0.29) is 17.3 Å². The number of esters is 1. The Kier molecular flexibility index (Phi) is 7.69. The number of Topliss-reactive ketones (excluding diaryl/α,β-unsaturated/α-hetero) is 2. The fourth-order valence-electron chi connectivity index (χ4n) is 2.56. The first kappa shape index (κ1) is 22.6. The Morgan fingerprint density at radius 1 is 0.967 bits per heavy atom. The molecule has 2 rings (SSSR count). The molecule has 0 radical (unpaired) electrons. The highest BCUT2D eigenvalue weighted by Crippen LogP contribution is 2.28. The van der Waals surface area contributed by atoms with E-state index >= 15 is 0 Å². The number of hydrogen-bond donors (Lipinski definition) is 1. The summed E-state index contributed by atoms with van der Waals surface area (Å²) in [6, 6.07) is 11.1. The monoisotopic (exact) mass is 413 g/mol. The van der Waals surface area contributed by atoms with Crippen molar-refractivity contribution < 1.29 is 33.4 Å². The van der Waals surface area contributed by atoms with Gasteiger partial charge in [-0.2, -0.15) is 0 Å². The van der Waals surface area contributed by atoms with Crippen LogP contribution in [0.1, 0.15) is 41.5 Å². The number of rotatable bonds is 9. The zero-order valence-corrected chi connectivity index (χ0v) is 17.2. The van der Waals surface area contributed by atoms with Crippen molar-refractivity contribution in [2.75, 3.05) is 19.0 Å². The van der Waals surface area contributed by atoms with Gasteiger partial charge in [-0.3, -0.25) is 14.4 Å². The third-order valence-corrected chi connectivity index (χ3v) is 4.16. The van der Waals surface area contributed by atoms with Crippen LogP contribution >= 0.6 is 0 Å². The van der Waals surface area contributed by atoms with Gasteiger partial charge in [-0.15, -0.1) is 0 Å². The predicted octanol–water partition coefficient (Wildman–Crippen LogP) is 3.05. The van der Waals surface area contributed by atoms with Gasteiger partial charge in [-0.1, -0.05) is 12.1 Å². The molecule has 0 spiro atoms. The molecule has 0 bridgehead atoms. The summed E-state index contributed by atoms with van der Waals surface area (Å²) in [5, 5.41) is 2.58. The molecule has 0 aromatic heterocycles. The average molecular weight is 413 g/mol. The molecule has 1 N–H and O–H groups in total. The number of anilines is 1. The van der Waals surface area contributed by atoms with Crippen LogP contribution in [0, 0.1) is 0 Å². The molecular formula is C22H23NO7. The number of amides is 1. The summed E-state index contributed by atoms with van der Waals surface area (Å²) < 4.78 is 15.6. The zero-order valence-electron chi connectivity index (χ0n) is 17.2. The van der Waals surface area contributed by atoms with Crippen LogP contribution in [0.2, 0.25) is 0 Å². The van der Waals surface area contributed by atoms with E-state index < -0.39 is 24.6 Å². The Balaban J connectivity index is 1.94. The van der Waals surface area contributed by atoms with E-state index in [4.69, 9.17) is 14.2 Å². The quantitative estimate of drug-likeness (QED) is 0.497. The van der Waals surface area contributed by atoms with Crippen molar-refractivity contribution >= 4 is 29.1 Å². The molecule has 0 aliphatic carbocycles. The molecule has 0 aliphatic rings. The van der Waals surface area contributed by atoms with Gasteiger partial charge in [0, 0.05) is 11.1 Å². The van der Waals surface area contributed by atoms with E-state index in [1.165, 1.54) is 40.0 Å². The first-order valence-corrected chi connectivity index (χ1v) is 9.15. The third-order valence-electron chi connectivity index (χ3n) is 4.16. The molecule has 2 aromatic rings. The first-order valence-electron chi connectivity index (χ1n) is 9.15. The highest BCUT2D eigenvalue weighted by Gasteiger charge is 2.20. The highest BCUT2D eigenvalue weighted by atomic mass is 16.6. The van der Waals surface area contributed by atoms with Gasteiger partial charge in [0.05, 0.1) is 12.8 Å². The van der Waals surface area contributed by atoms with Crippen molar-refractivity contribution in [3.8, 4) is 11.5 Å². The van der Waals surface area contributed by atoms with Crippen LogP contribution in [-0.2, 0) is 14.3 Å². The number of methoxy groups -OCH3 is 1. The maximum absolute atomic E-state index is 12.3. The van der Waals surface area contributed by atoms with Crippen molar-refractivity contribution in [2.24, 2.45) is 0 Å². The highest BCUT2D eigenvalue weighted by molar-refractivity contribution is 6.04. The van der Waals surface area contributed by atoms with Crippen molar-refractivity contribution in [1.29, 1.82) is 0 Å². The van der Waals surface area contributed by atoms with Gasteiger partial charge in [0.1, 0.15) is 0 Å². The summed E-state index contributed by atoms with van der Waals surface area (Å²) in [5.74, 6) is -1.14. The fraction of sp³-hybridized carbons (Fsp3) is 0.273. The van der Waals surface area contributed by atoms with Gasteiger partial charge in [0.2, 0.25) is 0 Å². The first-order chi connectivity index (χ1) is 14.2. The Morgan fingerprint density at radius 3 is 2.30 bits per heavy atom. The summed E-state index contributed by atoms with van der Waals surface area (Å²) in [6.07, 6.45) is -1.11. The molecule has 0 fully saturated rings. The molecular weight excluding hydrogens is 390 g/mol. The van der Waals surface area contributed by atoms with E-state index in [0.717, 1.165) is 0 Å². The molecule has 1 amide bonds. The maximum atomic E-state index is 12.3. The SMILES string of the molecule is COc1cc(C(C)=O)ccc1OCC(=O)O[C@@H](C)C(=O)Nc1ccccc1C(C)=O. The molecule has 0 saturated carbocycles. The number of hydrogen-bond acceptors (Lipinski definition) is 7. The minimum atomic E-state index is -1.11. The second kappa shape index (κ2) is 10.2. The molecule has 158 valence electrons. The fourth-order valence-corrected chi connectivity index (χ4v) is 2.56.